The van der Waals surface area contributed by atoms with E-state index in [0.29, 0.717) is 0 Å². The Hall–Kier alpha value is -0.840. The van der Waals surface area contributed by atoms with Crippen LogP contribution in [0.25, 0.3) is 0 Å². The van der Waals surface area contributed by atoms with Crippen LogP contribution in [0.5, 0.6) is 5.75 Å². The standard InChI is InChI=1S/C11H18N2OS/c1-3-4-5-6-10(13-12)11-7-9(14-2)8-15-11/h3,7-8,10,13H,1,4-6,12H2,2H3. The molecule has 0 aliphatic carbocycles. The minimum Gasteiger partial charge on any atom is -0.496 e. The van der Waals surface area contributed by atoms with Crippen molar-refractivity contribution in [3.05, 3.63) is 29.0 Å². The second-order valence-electron chi connectivity index (χ2n) is 3.33. The molecule has 1 rings (SSSR count). The second-order valence-corrected chi connectivity index (χ2v) is 4.27. The Morgan fingerprint density at radius 1 is 1.73 bits per heavy atom. The summed E-state index contributed by atoms with van der Waals surface area (Å²) < 4.78 is 5.14. The maximum absolute atomic E-state index is 5.53. The first kappa shape index (κ1) is 12.2. The number of thiophene rings is 1. The number of hydrazine groups is 1. The van der Waals surface area contributed by atoms with E-state index >= 15 is 0 Å². The topological polar surface area (TPSA) is 47.3 Å². The zero-order valence-electron chi connectivity index (χ0n) is 9.03. The Morgan fingerprint density at radius 2 is 2.53 bits per heavy atom. The smallest absolute Gasteiger partial charge is 0.129 e. The van der Waals surface area contributed by atoms with Crippen molar-refractivity contribution >= 4 is 11.3 Å². The van der Waals surface area contributed by atoms with Crippen LogP contribution in [0, 0.1) is 0 Å². The second kappa shape index (κ2) is 6.61. The van der Waals surface area contributed by atoms with Crippen molar-refractivity contribution in [3.8, 4) is 5.75 Å². The van der Waals surface area contributed by atoms with E-state index in [0.717, 1.165) is 25.0 Å². The molecule has 0 amide bonds. The highest BCUT2D eigenvalue weighted by Crippen LogP contribution is 2.29. The molecule has 4 heteroatoms. The van der Waals surface area contributed by atoms with E-state index in [4.69, 9.17) is 10.6 Å². The molecular formula is C11H18N2OS. The molecule has 1 aromatic rings. The van der Waals surface area contributed by atoms with Crippen LogP contribution in [0.4, 0.5) is 0 Å². The molecule has 0 radical (unpaired) electrons. The Kier molecular flexibility index (Phi) is 5.39. The molecule has 0 aliphatic heterocycles. The number of nitrogens with two attached hydrogens (primary N) is 1. The van der Waals surface area contributed by atoms with Gasteiger partial charge in [0.2, 0.25) is 0 Å². The Labute approximate surface area is 94.9 Å². The molecule has 0 bridgehead atoms. The maximum Gasteiger partial charge on any atom is 0.129 e. The number of allylic oxidation sites excluding steroid dienone is 1. The Bertz CT molecular complexity index is 299. The molecule has 84 valence electrons. The average Bonchev–Trinajstić information content (AvgIpc) is 2.73. The summed E-state index contributed by atoms with van der Waals surface area (Å²) in [5.74, 6) is 6.43. The minimum absolute atomic E-state index is 0.221. The van der Waals surface area contributed by atoms with Crippen LogP contribution in [0.3, 0.4) is 0 Å². The van der Waals surface area contributed by atoms with Gasteiger partial charge in [-0.3, -0.25) is 11.3 Å². The number of nitrogens with one attached hydrogen (secondary N) is 1. The molecule has 0 aromatic carbocycles. The molecule has 3 N–H and O–H groups in total. The fraction of sp³-hybridized carbons (Fsp3) is 0.455. The Morgan fingerprint density at radius 3 is 3.07 bits per heavy atom. The first-order chi connectivity index (χ1) is 7.31. The third-order valence-corrected chi connectivity index (χ3v) is 3.30. The monoisotopic (exact) mass is 226 g/mol. The SMILES string of the molecule is C=CCCCC(NN)c1cc(OC)cs1. The highest BCUT2D eigenvalue weighted by molar-refractivity contribution is 7.10. The van der Waals surface area contributed by atoms with Crippen LogP contribution in [-0.4, -0.2) is 7.11 Å². The van der Waals surface area contributed by atoms with E-state index in [2.05, 4.69) is 12.0 Å². The summed E-state index contributed by atoms with van der Waals surface area (Å²) in [5.41, 5.74) is 2.84. The summed E-state index contributed by atoms with van der Waals surface area (Å²) in [7, 11) is 1.68. The predicted molar refractivity (Wildman–Crippen MR) is 65.0 cm³/mol. The molecule has 0 aliphatic rings. The maximum atomic E-state index is 5.53. The summed E-state index contributed by atoms with van der Waals surface area (Å²) in [4.78, 5) is 1.22. The van der Waals surface area contributed by atoms with Gasteiger partial charge in [-0.1, -0.05) is 6.08 Å². The number of ether oxygens (including phenoxy) is 1. The van der Waals surface area contributed by atoms with Crippen LogP contribution in [0.2, 0.25) is 0 Å². The first-order valence-corrected chi connectivity index (χ1v) is 5.89. The van der Waals surface area contributed by atoms with E-state index in [1.54, 1.807) is 18.4 Å². The number of hydrogen-bond acceptors (Lipinski definition) is 4. The van der Waals surface area contributed by atoms with Gasteiger partial charge in [0.25, 0.3) is 0 Å². The number of rotatable bonds is 7. The van der Waals surface area contributed by atoms with Gasteiger partial charge in [-0.25, -0.2) is 0 Å². The molecule has 1 aromatic heterocycles. The molecular weight excluding hydrogens is 208 g/mol. The van der Waals surface area contributed by atoms with Crippen LogP contribution in [0.1, 0.15) is 30.2 Å². The molecule has 15 heavy (non-hydrogen) atoms. The normalized spacial score (nSPS) is 12.4. The predicted octanol–water partition coefficient (Wildman–Crippen LogP) is 2.62. The van der Waals surface area contributed by atoms with Crippen molar-refractivity contribution in [3.63, 3.8) is 0 Å². The van der Waals surface area contributed by atoms with Gasteiger partial charge in [0.15, 0.2) is 0 Å². The van der Waals surface area contributed by atoms with E-state index in [-0.39, 0.29) is 6.04 Å². The third-order valence-electron chi connectivity index (χ3n) is 2.28. The fourth-order valence-corrected chi connectivity index (χ4v) is 2.35. The van der Waals surface area contributed by atoms with Gasteiger partial charge >= 0.3 is 0 Å². The zero-order chi connectivity index (χ0) is 11.1. The first-order valence-electron chi connectivity index (χ1n) is 5.01. The molecule has 0 spiro atoms. The van der Waals surface area contributed by atoms with Crippen molar-refractivity contribution in [2.24, 2.45) is 5.84 Å². The lowest BCUT2D eigenvalue weighted by Gasteiger charge is -2.12. The lowest BCUT2D eigenvalue weighted by atomic mass is 10.1. The fourth-order valence-electron chi connectivity index (χ4n) is 1.40. The van der Waals surface area contributed by atoms with Gasteiger partial charge in [0.1, 0.15) is 5.75 Å². The highest BCUT2D eigenvalue weighted by Gasteiger charge is 2.11. The van der Waals surface area contributed by atoms with Gasteiger partial charge in [0.05, 0.1) is 13.2 Å². The van der Waals surface area contributed by atoms with E-state index in [9.17, 15) is 0 Å². The summed E-state index contributed by atoms with van der Waals surface area (Å²) >= 11 is 1.67. The summed E-state index contributed by atoms with van der Waals surface area (Å²) in [6.07, 6.45) is 5.08. The van der Waals surface area contributed by atoms with Gasteiger partial charge in [-0.05, 0) is 25.3 Å². The number of hydrogen-bond donors (Lipinski definition) is 2. The largest absolute Gasteiger partial charge is 0.496 e. The molecule has 1 unspecified atom stereocenters. The summed E-state index contributed by atoms with van der Waals surface area (Å²) in [6.45, 7) is 3.70. The molecule has 0 saturated carbocycles. The van der Waals surface area contributed by atoms with Gasteiger partial charge in [0, 0.05) is 10.3 Å². The highest BCUT2D eigenvalue weighted by atomic mass is 32.1. The quantitative estimate of drug-likeness (QED) is 0.325. The van der Waals surface area contributed by atoms with Crippen molar-refractivity contribution < 1.29 is 4.74 Å². The summed E-state index contributed by atoms with van der Waals surface area (Å²) in [5, 5.41) is 1.99. The lowest BCUT2D eigenvalue weighted by molar-refractivity contribution is 0.415. The van der Waals surface area contributed by atoms with E-state index in [1.165, 1.54) is 4.88 Å². The van der Waals surface area contributed by atoms with Crippen LogP contribution < -0.4 is 16.0 Å². The average molecular weight is 226 g/mol. The van der Waals surface area contributed by atoms with Crippen LogP contribution in [-0.2, 0) is 0 Å². The number of unbranched alkanes of at least 4 members (excludes halogenated alkanes) is 1. The van der Waals surface area contributed by atoms with E-state index in [1.807, 2.05) is 17.5 Å². The molecule has 1 atom stereocenters. The minimum atomic E-state index is 0.221. The van der Waals surface area contributed by atoms with Gasteiger partial charge < -0.3 is 4.74 Å². The third kappa shape index (κ3) is 3.66. The molecule has 0 saturated heterocycles. The van der Waals surface area contributed by atoms with Crippen molar-refractivity contribution in [1.82, 2.24) is 5.43 Å². The molecule has 3 nitrogen and oxygen atoms in total. The molecule has 1 heterocycles. The van der Waals surface area contributed by atoms with E-state index < -0.39 is 0 Å². The number of methoxy groups -OCH3 is 1. The van der Waals surface area contributed by atoms with Crippen LogP contribution >= 0.6 is 11.3 Å². The Balaban J connectivity index is 2.53. The van der Waals surface area contributed by atoms with Crippen molar-refractivity contribution in [1.29, 1.82) is 0 Å². The van der Waals surface area contributed by atoms with Gasteiger partial charge in [-0.2, -0.15) is 0 Å². The zero-order valence-corrected chi connectivity index (χ0v) is 9.85. The lowest BCUT2D eigenvalue weighted by Crippen LogP contribution is -2.27. The van der Waals surface area contributed by atoms with Crippen LogP contribution in [0.15, 0.2) is 24.1 Å². The molecule has 0 fully saturated rings. The van der Waals surface area contributed by atoms with Gasteiger partial charge in [-0.15, -0.1) is 17.9 Å². The van der Waals surface area contributed by atoms with Crippen molar-refractivity contribution in [2.75, 3.05) is 7.11 Å². The van der Waals surface area contributed by atoms with Crippen molar-refractivity contribution in [2.45, 2.75) is 25.3 Å². The summed E-state index contributed by atoms with van der Waals surface area (Å²) in [6, 6.07) is 2.25.